The fraction of sp³-hybridized carbons (Fsp3) is 0.667. The molecule has 0 amide bonds. The van der Waals surface area contributed by atoms with E-state index in [1.54, 1.807) is 0 Å². The molecule has 0 unspecified atom stereocenters. The first-order valence-electron chi connectivity index (χ1n) is 3.96. The van der Waals surface area contributed by atoms with Crippen LogP contribution in [0.1, 0.15) is 0 Å². The smallest absolute Gasteiger partial charge is 0.192 e. The van der Waals surface area contributed by atoms with Crippen molar-refractivity contribution in [3.63, 3.8) is 0 Å². The lowest BCUT2D eigenvalue weighted by molar-refractivity contribution is -0.337. The molecular formula is C6F8N3S2. The minimum Gasteiger partial charge on any atom is -0.192 e. The van der Waals surface area contributed by atoms with E-state index < -0.39 is 35.6 Å². The molecule has 1 aliphatic rings. The van der Waals surface area contributed by atoms with Crippen LogP contribution in [-0.2, 0) is 0 Å². The van der Waals surface area contributed by atoms with Gasteiger partial charge in [-0.3, -0.25) is 0 Å². The molecule has 0 aromatic rings. The number of alkyl halides is 8. The van der Waals surface area contributed by atoms with E-state index in [0.717, 1.165) is 0 Å². The molecule has 107 valence electrons. The van der Waals surface area contributed by atoms with Crippen LogP contribution in [0.15, 0.2) is 4.40 Å². The Morgan fingerprint density at radius 2 is 1.42 bits per heavy atom. The van der Waals surface area contributed by atoms with Gasteiger partial charge in [0.05, 0.1) is 22.0 Å². The number of rotatable bonds is 4. The lowest BCUT2D eigenvalue weighted by Gasteiger charge is -2.33. The first-order chi connectivity index (χ1) is 8.42. The summed E-state index contributed by atoms with van der Waals surface area (Å²) < 4.78 is 108. The molecule has 0 bridgehead atoms. The fourth-order valence-corrected chi connectivity index (χ4v) is 2.03. The summed E-state index contributed by atoms with van der Waals surface area (Å²) in [6.45, 7) is 0. The van der Waals surface area contributed by atoms with Crippen molar-refractivity contribution in [1.29, 1.82) is 5.26 Å². The average molecular weight is 330 g/mol. The lowest BCUT2D eigenvalue weighted by Crippen LogP contribution is -2.64. The fourth-order valence-electron chi connectivity index (χ4n) is 0.840. The van der Waals surface area contributed by atoms with Crippen LogP contribution >= 0.6 is 22.0 Å². The maximum atomic E-state index is 13.1. The van der Waals surface area contributed by atoms with Crippen molar-refractivity contribution in [1.82, 2.24) is 4.72 Å². The van der Waals surface area contributed by atoms with Crippen molar-refractivity contribution >= 4 is 27.8 Å². The number of halogens is 8. The summed E-state index contributed by atoms with van der Waals surface area (Å²) in [5.41, 5.74) is 0. The van der Waals surface area contributed by atoms with Gasteiger partial charge < -0.3 is 0 Å². The summed E-state index contributed by atoms with van der Waals surface area (Å²) in [6.07, 6.45) is 0. The molecule has 1 radical (unpaired) electrons. The van der Waals surface area contributed by atoms with Crippen LogP contribution in [0.3, 0.4) is 0 Å². The molecule has 0 saturated heterocycles. The van der Waals surface area contributed by atoms with Gasteiger partial charge in [0, 0.05) is 0 Å². The van der Waals surface area contributed by atoms with E-state index >= 15 is 0 Å². The number of nitrogens with zero attached hydrogens (tertiary/aromatic N) is 3. The van der Waals surface area contributed by atoms with Crippen molar-refractivity contribution < 1.29 is 35.1 Å². The minimum absolute atomic E-state index is 0.176. The van der Waals surface area contributed by atoms with E-state index in [1.807, 2.05) is 0 Å². The Labute approximate surface area is 108 Å². The summed E-state index contributed by atoms with van der Waals surface area (Å²) in [6, 6.07) is -0.427. The van der Waals surface area contributed by atoms with Crippen LogP contribution in [0.25, 0.3) is 0 Å². The second-order valence-electron chi connectivity index (χ2n) is 3.06. The second kappa shape index (κ2) is 4.58. The SMILES string of the molecule is N#CC(F)(F)C(F)(F)C(F)(F)C(F)(F)C1=NSS[N]1. The monoisotopic (exact) mass is 330 g/mol. The molecule has 13 heteroatoms. The van der Waals surface area contributed by atoms with Crippen LogP contribution in [0.4, 0.5) is 35.1 Å². The van der Waals surface area contributed by atoms with Crippen molar-refractivity contribution in [2.45, 2.75) is 23.7 Å². The minimum atomic E-state index is -6.60. The highest BCUT2D eigenvalue weighted by molar-refractivity contribution is 8.76. The summed E-state index contributed by atoms with van der Waals surface area (Å²) >= 11 is 0. The third-order valence-electron chi connectivity index (χ3n) is 1.89. The Kier molecular flexibility index (Phi) is 3.90. The molecule has 0 atom stereocenters. The maximum absolute atomic E-state index is 13.1. The van der Waals surface area contributed by atoms with Gasteiger partial charge in [-0.2, -0.15) is 49.5 Å². The van der Waals surface area contributed by atoms with Crippen molar-refractivity contribution in [2.24, 2.45) is 4.40 Å². The van der Waals surface area contributed by atoms with E-state index in [0.29, 0.717) is 0 Å². The molecule has 0 aliphatic carbocycles. The van der Waals surface area contributed by atoms with E-state index in [2.05, 4.69) is 9.12 Å². The Hall–Kier alpha value is -0.900. The molecular weight excluding hydrogens is 330 g/mol. The Morgan fingerprint density at radius 3 is 1.79 bits per heavy atom. The molecule has 0 N–H and O–H groups in total. The van der Waals surface area contributed by atoms with Crippen molar-refractivity contribution in [3.8, 4) is 6.07 Å². The first kappa shape index (κ1) is 16.2. The summed E-state index contributed by atoms with van der Waals surface area (Å²) in [5, 5.41) is 7.70. The van der Waals surface area contributed by atoms with Crippen molar-refractivity contribution in [2.75, 3.05) is 0 Å². The molecule has 0 saturated carbocycles. The zero-order chi connectivity index (χ0) is 15.1. The van der Waals surface area contributed by atoms with Gasteiger partial charge in [0.2, 0.25) is 5.84 Å². The van der Waals surface area contributed by atoms with Gasteiger partial charge in [0.25, 0.3) is 0 Å². The topological polar surface area (TPSA) is 50.2 Å². The van der Waals surface area contributed by atoms with Gasteiger partial charge in [0.1, 0.15) is 6.07 Å². The van der Waals surface area contributed by atoms with Gasteiger partial charge in [-0.15, -0.1) is 0 Å². The predicted octanol–water partition coefficient (Wildman–Crippen LogP) is 3.28. The van der Waals surface area contributed by atoms with E-state index in [-0.39, 0.29) is 22.0 Å². The molecule has 0 aromatic carbocycles. The molecule has 0 fully saturated rings. The lowest BCUT2D eigenvalue weighted by atomic mass is 9.99. The summed E-state index contributed by atoms with van der Waals surface area (Å²) in [4.78, 5) is 0. The highest BCUT2D eigenvalue weighted by Gasteiger charge is 2.82. The summed E-state index contributed by atoms with van der Waals surface area (Å²) in [7, 11) is 0.353. The van der Waals surface area contributed by atoms with Crippen LogP contribution in [0.5, 0.6) is 0 Å². The Morgan fingerprint density at radius 1 is 0.895 bits per heavy atom. The molecule has 19 heavy (non-hydrogen) atoms. The third-order valence-corrected chi connectivity index (χ3v) is 3.09. The molecule has 1 aliphatic heterocycles. The van der Waals surface area contributed by atoms with E-state index in [4.69, 9.17) is 5.26 Å². The quantitative estimate of drug-likeness (QED) is 0.452. The van der Waals surface area contributed by atoms with Gasteiger partial charge in [-0.25, -0.2) is 0 Å². The molecule has 3 nitrogen and oxygen atoms in total. The zero-order valence-electron chi connectivity index (χ0n) is 8.18. The molecule has 1 heterocycles. The van der Waals surface area contributed by atoms with Crippen LogP contribution in [0, 0.1) is 11.3 Å². The Balaban J connectivity index is 3.27. The van der Waals surface area contributed by atoms with Crippen LogP contribution in [0.2, 0.25) is 0 Å². The van der Waals surface area contributed by atoms with Gasteiger partial charge in [0.15, 0.2) is 0 Å². The zero-order valence-corrected chi connectivity index (χ0v) is 9.81. The van der Waals surface area contributed by atoms with Crippen molar-refractivity contribution in [3.05, 3.63) is 0 Å². The highest BCUT2D eigenvalue weighted by atomic mass is 33.1. The number of hydrogen-bond donors (Lipinski definition) is 0. The van der Waals surface area contributed by atoms with E-state index in [9.17, 15) is 35.1 Å². The number of amidine groups is 1. The second-order valence-corrected chi connectivity index (χ2v) is 4.62. The van der Waals surface area contributed by atoms with Gasteiger partial charge >= 0.3 is 23.7 Å². The van der Waals surface area contributed by atoms with Gasteiger partial charge in [-0.1, -0.05) is 0 Å². The van der Waals surface area contributed by atoms with E-state index in [1.165, 1.54) is 0 Å². The average Bonchev–Trinajstić information content (AvgIpc) is 2.82. The standard InChI is InChI=1S/C6F8N3S2/c7-3(8,1-15)5(11,12)6(13,14)4(9,10)2-16-18-19-17-2. The maximum Gasteiger partial charge on any atom is 0.400 e. The molecule has 0 aromatic heterocycles. The molecule has 0 spiro atoms. The number of nitriles is 1. The summed E-state index contributed by atoms with van der Waals surface area (Å²) in [5.74, 6) is -26.9. The predicted molar refractivity (Wildman–Crippen MR) is 50.2 cm³/mol. The number of hydrogen-bond acceptors (Lipinski definition) is 4. The molecule has 1 rings (SSSR count). The van der Waals surface area contributed by atoms with Gasteiger partial charge in [-0.05, 0) is 0 Å². The third kappa shape index (κ3) is 2.20. The van der Waals surface area contributed by atoms with Crippen LogP contribution in [-0.4, -0.2) is 29.5 Å². The highest BCUT2D eigenvalue weighted by Crippen LogP contribution is 2.53. The Bertz CT molecular complexity index is 442. The normalized spacial score (nSPS) is 17.7. The largest absolute Gasteiger partial charge is 0.400 e. The van der Waals surface area contributed by atoms with Crippen LogP contribution < -0.4 is 4.72 Å². The first-order valence-corrected chi connectivity index (χ1v) is 6.03.